The molecule has 0 saturated carbocycles. The maximum Gasteiger partial charge on any atom is 0.417 e. The van der Waals surface area contributed by atoms with E-state index in [1.54, 1.807) is 6.92 Å². The molecule has 8 heteroatoms. The average molecular weight is 263 g/mol. The number of aromatic nitrogens is 1. The molecule has 0 unspecified atom stereocenters. The monoisotopic (exact) mass is 262 g/mol. The highest BCUT2D eigenvalue weighted by atomic mass is 35.5. The minimum atomic E-state index is -0.752. The normalized spacial score (nSPS) is 10.2. The number of alkyl halides is 1. The predicted molar refractivity (Wildman–Crippen MR) is 58.2 cm³/mol. The highest BCUT2D eigenvalue weighted by molar-refractivity contribution is 6.17. The van der Waals surface area contributed by atoms with Gasteiger partial charge in [0.25, 0.3) is 5.76 Å². The van der Waals surface area contributed by atoms with Gasteiger partial charge in [-0.25, -0.2) is 9.32 Å². The van der Waals surface area contributed by atoms with Crippen LogP contribution < -0.4 is 0 Å². The van der Waals surface area contributed by atoms with Crippen molar-refractivity contribution < 1.29 is 19.0 Å². The van der Waals surface area contributed by atoms with Gasteiger partial charge in [0.05, 0.1) is 6.61 Å². The van der Waals surface area contributed by atoms with Gasteiger partial charge in [-0.2, -0.15) is 0 Å². The lowest BCUT2D eigenvalue weighted by atomic mass is 10.1. The Morgan fingerprint density at radius 2 is 2.35 bits per heavy atom. The van der Waals surface area contributed by atoms with Crippen LogP contribution in [0.15, 0.2) is 4.52 Å². The van der Waals surface area contributed by atoms with E-state index >= 15 is 0 Å². The first kappa shape index (κ1) is 13.4. The second-order valence-electron chi connectivity index (χ2n) is 3.08. The van der Waals surface area contributed by atoms with Gasteiger partial charge in [0, 0.05) is 5.88 Å². The van der Waals surface area contributed by atoms with Crippen molar-refractivity contribution in [3.05, 3.63) is 21.4 Å². The molecule has 7 nitrogen and oxygen atoms in total. The zero-order chi connectivity index (χ0) is 12.8. The number of hydrogen-bond donors (Lipinski definition) is 0. The number of carbonyl (C=O) groups excluding carboxylic acids is 1. The summed E-state index contributed by atoms with van der Waals surface area (Å²) in [6.07, 6.45) is 0.730. The van der Waals surface area contributed by atoms with Crippen LogP contribution in [0.25, 0.3) is 0 Å². The van der Waals surface area contributed by atoms with Crippen LogP contribution in [0.5, 0.6) is 0 Å². The molecule has 0 aliphatic rings. The Kier molecular flexibility index (Phi) is 4.89. The zero-order valence-electron chi connectivity index (χ0n) is 9.14. The molecule has 0 bridgehead atoms. The summed E-state index contributed by atoms with van der Waals surface area (Å²) in [4.78, 5) is 21.4. The number of ether oxygens (including phenoxy) is 1. The fourth-order valence-electron chi connectivity index (χ4n) is 1.27. The van der Waals surface area contributed by atoms with Gasteiger partial charge in [0.2, 0.25) is 0 Å². The van der Waals surface area contributed by atoms with Crippen molar-refractivity contribution in [1.29, 1.82) is 0 Å². The average Bonchev–Trinajstić information content (AvgIpc) is 2.70. The van der Waals surface area contributed by atoms with Gasteiger partial charge in [-0.3, -0.25) is 0 Å². The van der Waals surface area contributed by atoms with E-state index in [1.807, 2.05) is 0 Å². The number of halogens is 1. The lowest BCUT2D eigenvalue weighted by Crippen LogP contribution is -2.07. The number of esters is 1. The standard InChI is InChI=1S/C9H11ClN2O5/c1-2-16-9(13)7-6(4-3-5-10)8(11-17-7)12(14)15/h2-5H2,1H3. The maximum atomic E-state index is 11.5. The molecule has 0 aliphatic heterocycles. The first-order chi connectivity index (χ1) is 8.11. The van der Waals surface area contributed by atoms with E-state index in [2.05, 4.69) is 9.68 Å². The van der Waals surface area contributed by atoms with Gasteiger partial charge in [0.1, 0.15) is 5.56 Å². The number of nitrogens with zero attached hydrogens (tertiary/aromatic N) is 2. The van der Waals surface area contributed by atoms with Crippen molar-refractivity contribution in [2.75, 3.05) is 12.5 Å². The van der Waals surface area contributed by atoms with Gasteiger partial charge in [-0.15, -0.1) is 11.6 Å². The second kappa shape index (κ2) is 6.19. The quantitative estimate of drug-likeness (QED) is 0.336. The molecule has 0 saturated heterocycles. The van der Waals surface area contributed by atoms with Crippen molar-refractivity contribution in [1.82, 2.24) is 5.16 Å². The van der Waals surface area contributed by atoms with Crippen LogP contribution in [-0.2, 0) is 11.2 Å². The third kappa shape index (κ3) is 3.16. The van der Waals surface area contributed by atoms with Crippen LogP contribution in [0.1, 0.15) is 29.5 Å². The molecular weight excluding hydrogens is 252 g/mol. The maximum absolute atomic E-state index is 11.5. The van der Waals surface area contributed by atoms with E-state index in [9.17, 15) is 14.9 Å². The SMILES string of the molecule is CCOC(=O)c1onc([N+](=O)[O-])c1CCCCl. The molecule has 0 radical (unpaired) electrons. The van der Waals surface area contributed by atoms with E-state index in [0.717, 1.165) is 0 Å². The van der Waals surface area contributed by atoms with E-state index < -0.39 is 16.7 Å². The lowest BCUT2D eigenvalue weighted by Gasteiger charge is -1.99. The summed E-state index contributed by atoms with van der Waals surface area (Å²) in [6.45, 7) is 1.78. The van der Waals surface area contributed by atoms with Crippen molar-refractivity contribution in [3.63, 3.8) is 0 Å². The van der Waals surface area contributed by atoms with Crippen LogP contribution in [0.3, 0.4) is 0 Å². The van der Waals surface area contributed by atoms with Crippen LogP contribution in [0, 0.1) is 10.1 Å². The Morgan fingerprint density at radius 3 is 2.88 bits per heavy atom. The molecule has 1 aromatic rings. The number of carbonyl (C=O) groups is 1. The van der Waals surface area contributed by atoms with Crippen LogP contribution in [-0.4, -0.2) is 28.5 Å². The fraction of sp³-hybridized carbons (Fsp3) is 0.556. The van der Waals surface area contributed by atoms with E-state index in [1.165, 1.54) is 0 Å². The third-order valence-corrected chi connectivity index (χ3v) is 2.23. The Hall–Kier alpha value is -1.63. The Bertz CT molecular complexity index is 418. The summed E-state index contributed by atoms with van der Waals surface area (Å²) in [5.74, 6) is -1.11. The van der Waals surface area contributed by atoms with Crippen molar-refractivity contribution >= 4 is 23.4 Å². The van der Waals surface area contributed by atoms with Crippen LogP contribution >= 0.6 is 11.6 Å². The first-order valence-corrected chi connectivity index (χ1v) is 5.51. The summed E-state index contributed by atoms with van der Waals surface area (Å²) in [7, 11) is 0. The van der Waals surface area contributed by atoms with E-state index in [-0.39, 0.29) is 24.4 Å². The summed E-state index contributed by atoms with van der Waals surface area (Å²) in [5, 5.41) is 13.9. The molecule has 0 aromatic carbocycles. The fourth-order valence-corrected chi connectivity index (χ4v) is 1.40. The second-order valence-corrected chi connectivity index (χ2v) is 3.46. The molecule has 1 heterocycles. The molecule has 0 fully saturated rings. The number of nitro groups is 1. The largest absolute Gasteiger partial charge is 0.460 e. The van der Waals surface area contributed by atoms with Gasteiger partial charge in [-0.05, 0) is 24.7 Å². The topological polar surface area (TPSA) is 95.5 Å². The Balaban J connectivity index is 3.03. The molecule has 0 atom stereocenters. The highest BCUT2D eigenvalue weighted by Gasteiger charge is 2.31. The molecule has 1 aromatic heterocycles. The molecule has 0 amide bonds. The minimum Gasteiger partial charge on any atom is -0.460 e. The van der Waals surface area contributed by atoms with E-state index in [4.69, 9.17) is 16.3 Å². The molecule has 1 rings (SSSR count). The summed E-state index contributed by atoms with van der Waals surface area (Å²) in [6, 6.07) is 0. The first-order valence-electron chi connectivity index (χ1n) is 4.97. The molecule has 0 spiro atoms. The number of hydrogen-bond acceptors (Lipinski definition) is 6. The van der Waals surface area contributed by atoms with Gasteiger partial charge in [-0.1, -0.05) is 0 Å². The van der Waals surface area contributed by atoms with Gasteiger partial charge >= 0.3 is 11.8 Å². The summed E-state index contributed by atoms with van der Waals surface area (Å²) in [5.41, 5.74) is 0.133. The summed E-state index contributed by atoms with van der Waals surface area (Å²) >= 11 is 5.51. The van der Waals surface area contributed by atoms with Crippen molar-refractivity contribution in [3.8, 4) is 0 Å². The summed E-state index contributed by atoms with van der Waals surface area (Å²) < 4.78 is 9.37. The van der Waals surface area contributed by atoms with Crippen LogP contribution in [0.2, 0.25) is 0 Å². The lowest BCUT2D eigenvalue weighted by molar-refractivity contribution is -0.391. The van der Waals surface area contributed by atoms with Crippen molar-refractivity contribution in [2.24, 2.45) is 0 Å². The molecular formula is C9H11ClN2O5. The molecule has 17 heavy (non-hydrogen) atoms. The van der Waals surface area contributed by atoms with Gasteiger partial charge in [0.15, 0.2) is 5.16 Å². The Morgan fingerprint density at radius 1 is 1.65 bits per heavy atom. The third-order valence-electron chi connectivity index (χ3n) is 1.96. The molecule has 0 N–H and O–H groups in total. The molecule has 0 aliphatic carbocycles. The Labute approximate surface area is 102 Å². The number of rotatable bonds is 6. The van der Waals surface area contributed by atoms with E-state index in [0.29, 0.717) is 12.3 Å². The van der Waals surface area contributed by atoms with Crippen LogP contribution in [0.4, 0.5) is 5.82 Å². The molecule has 94 valence electrons. The smallest absolute Gasteiger partial charge is 0.417 e. The van der Waals surface area contributed by atoms with Gasteiger partial charge < -0.3 is 14.9 Å². The predicted octanol–water partition coefficient (Wildman–Crippen LogP) is 1.93. The highest BCUT2D eigenvalue weighted by Crippen LogP contribution is 2.23. The minimum absolute atomic E-state index is 0.133. The van der Waals surface area contributed by atoms with Crippen molar-refractivity contribution in [2.45, 2.75) is 19.8 Å². The zero-order valence-corrected chi connectivity index (χ0v) is 9.90.